The molecule has 3 heterocycles. The molecular weight excluding hydrogens is 330 g/mol. The highest BCUT2D eigenvalue weighted by Gasteiger charge is 2.23. The standard InChI is InChI=1S/C15H20BrN5/c1-12-13(11-16)15(19(2)18-12)21-9-7-20(8-10-21)14-5-3-4-6-17-14/h3-6H,7-11H2,1-2H3. The molecule has 5 nitrogen and oxygen atoms in total. The van der Waals surface area contributed by atoms with Crippen molar-refractivity contribution < 1.29 is 0 Å². The predicted molar refractivity (Wildman–Crippen MR) is 89.2 cm³/mol. The fourth-order valence-corrected chi connectivity index (χ4v) is 3.59. The fourth-order valence-electron chi connectivity index (χ4n) is 2.93. The maximum absolute atomic E-state index is 4.55. The third-order valence-electron chi connectivity index (χ3n) is 4.00. The Balaban J connectivity index is 1.74. The van der Waals surface area contributed by atoms with Gasteiger partial charge in [-0.05, 0) is 19.1 Å². The topological polar surface area (TPSA) is 37.2 Å². The normalized spacial score (nSPS) is 15.6. The zero-order valence-electron chi connectivity index (χ0n) is 12.5. The minimum absolute atomic E-state index is 0.850. The molecule has 6 heteroatoms. The summed E-state index contributed by atoms with van der Waals surface area (Å²) >= 11 is 3.59. The first kappa shape index (κ1) is 14.4. The summed E-state index contributed by atoms with van der Waals surface area (Å²) in [5, 5.41) is 5.40. The molecule has 0 atom stereocenters. The molecule has 0 N–H and O–H groups in total. The second kappa shape index (κ2) is 6.05. The number of alkyl halides is 1. The van der Waals surface area contributed by atoms with E-state index < -0.39 is 0 Å². The Kier molecular flexibility index (Phi) is 4.14. The van der Waals surface area contributed by atoms with E-state index in [2.05, 4.69) is 48.8 Å². The number of nitrogens with zero attached hydrogens (tertiary/aromatic N) is 5. The third kappa shape index (κ3) is 2.77. The van der Waals surface area contributed by atoms with Crippen LogP contribution in [0, 0.1) is 6.92 Å². The van der Waals surface area contributed by atoms with Gasteiger partial charge in [-0.1, -0.05) is 22.0 Å². The molecule has 1 fully saturated rings. The van der Waals surface area contributed by atoms with Crippen LogP contribution < -0.4 is 9.80 Å². The molecule has 0 radical (unpaired) electrons. The molecule has 2 aromatic rings. The first-order chi connectivity index (χ1) is 10.2. The number of halogens is 1. The van der Waals surface area contributed by atoms with Crippen molar-refractivity contribution in [2.45, 2.75) is 12.3 Å². The summed E-state index contributed by atoms with van der Waals surface area (Å²) in [6.45, 7) is 6.04. The monoisotopic (exact) mass is 349 g/mol. The van der Waals surface area contributed by atoms with Crippen LogP contribution in [0.15, 0.2) is 24.4 Å². The lowest BCUT2D eigenvalue weighted by Crippen LogP contribution is -2.47. The van der Waals surface area contributed by atoms with Gasteiger partial charge in [0.25, 0.3) is 0 Å². The summed E-state index contributed by atoms with van der Waals surface area (Å²) in [5.74, 6) is 2.31. The van der Waals surface area contributed by atoms with Gasteiger partial charge < -0.3 is 9.80 Å². The van der Waals surface area contributed by atoms with E-state index in [-0.39, 0.29) is 0 Å². The van der Waals surface area contributed by atoms with Crippen LogP contribution in [0.5, 0.6) is 0 Å². The lowest BCUT2D eigenvalue weighted by atomic mass is 10.2. The van der Waals surface area contributed by atoms with Gasteiger partial charge in [0.15, 0.2) is 0 Å². The molecule has 1 aliphatic rings. The molecular formula is C15H20BrN5. The Morgan fingerprint density at radius 1 is 1.14 bits per heavy atom. The maximum atomic E-state index is 4.55. The highest BCUT2D eigenvalue weighted by Crippen LogP contribution is 2.27. The molecule has 21 heavy (non-hydrogen) atoms. The second-order valence-electron chi connectivity index (χ2n) is 5.31. The van der Waals surface area contributed by atoms with Gasteiger partial charge in [-0.2, -0.15) is 5.10 Å². The molecule has 0 spiro atoms. The van der Waals surface area contributed by atoms with Crippen molar-refractivity contribution >= 4 is 27.6 Å². The first-order valence-corrected chi connectivity index (χ1v) is 8.32. The van der Waals surface area contributed by atoms with Crippen molar-refractivity contribution in [3.8, 4) is 0 Å². The molecule has 1 saturated heterocycles. The number of piperazine rings is 1. The Morgan fingerprint density at radius 3 is 2.48 bits per heavy atom. The minimum atomic E-state index is 0.850. The zero-order valence-corrected chi connectivity index (χ0v) is 14.0. The number of aryl methyl sites for hydroxylation is 2. The van der Waals surface area contributed by atoms with Crippen LogP contribution in [-0.2, 0) is 12.4 Å². The van der Waals surface area contributed by atoms with E-state index >= 15 is 0 Å². The quantitative estimate of drug-likeness (QED) is 0.797. The van der Waals surface area contributed by atoms with Gasteiger partial charge in [0.2, 0.25) is 0 Å². The number of hydrogen-bond donors (Lipinski definition) is 0. The third-order valence-corrected chi connectivity index (χ3v) is 4.56. The summed E-state index contributed by atoms with van der Waals surface area (Å²) in [6, 6.07) is 6.08. The van der Waals surface area contributed by atoms with Crippen molar-refractivity contribution in [1.29, 1.82) is 0 Å². The van der Waals surface area contributed by atoms with Gasteiger partial charge >= 0.3 is 0 Å². The van der Waals surface area contributed by atoms with E-state index in [0.717, 1.165) is 43.0 Å². The molecule has 0 unspecified atom stereocenters. The van der Waals surface area contributed by atoms with E-state index in [4.69, 9.17) is 0 Å². The van der Waals surface area contributed by atoms with Crippen LogP contribution in [0.25, 0.3) is 0 Å². The van der Waals surface area contributed by atoms with Crippen molar-refractivity contribution in [2.24, 2.45) is 7.05 Å². The Hall–Kier alpha value is -1.56. The Bertz CT molecular complexity index is 602. The smallest absolute Gasteiger partial charge is 0.130 e. The summed E-state index contributed by atoms with van der Waals surface area (Å²) in [4.78, 5) is 9.21. The van der Waals surface area contributed by atoms with Gasteiger partial charge in [-0.25, -0.2) is 4.98 Å². The van der Waals surface area contributed by atoms with Gasteiger partial charge in [-0.3, -0.25) is 4.68 Å². The lowest BCUT2D eigenvalue weighted by molar-refractivity contribution is 0.619. The summed E-state index contributed by atoms with van der Waals surface area (Å²) in [5.41, 5.74) is 2.40. The lowest BCUT2D eigenvalue weighted by Gasteiger charge is -2.36. The predicted octanol–water partition coefficient (Wildman–Crippen LogP) is 2.35. The van der Waals surface area contributed by atoms with Crippen LogP contribution in [0.4, 0.5) is 11.6 Å². The van der Waals surface area contributed by atoms with E-state index in [1.165, 1.54) is 11.4 Å². The van der Waals surface area contributed by atoms with Crippen LogP contribution >= 0.6 is 15.9 Å². The Labute approximate surface area is 133 Å². The Morgan fingerprint density at radius 2 is 1.86 bits per heavy atom. The molecule has 0 amide bonds. The van der Waals surface area contributed by atoms with Crippen molar-refractivity contribution in [2.75, 3.05) is 36.0 Å². The highest BCUT2D eigenvalue weighted by molar-refractivity contribution is 9.08. The maximum Gasteiger partial charge on any atom is 0.130 e. The SMILES string of the molecule is Cc1nn(C)c(N2CCN(c3ccccn3)CC2)c1CBr. The molecule has 2 aromatic heterocycles. The average Bonchev–Trinajstić information content (AvgIpc) is 2.82. The van der Waals surface area contributed by atoms with Crippen LogP contribution in [-0.4, -0.2) is 40.9 Å². The fraction of sp³-hybridized carbons (Fsp3) is 0.467. The van der Waals surface area contributed by atoms with Crippen LogP contribution in [0.3, 0.4) is 0 Å². The number of rotatable bonds is 3. The number of anilines is 2. The van der Waals surface area contributed by atoms with Crippen molar-refractivity contribution in [3.05, 3.63) is 35.7 Å². The van der Waals surface area contributed by atoms with E-state index in [1.807, 2.05) is 30.1 Å². The summed E-state index contributed by atoms with van der Waals surface area (Å²) in [6.07, 6.45) is 1.86. The highest BCUT2D eigenvalue weighted by atomic mass is 79.9. The molecule has 0 bridgehead atoms. The van der Waals surface area contributed by atoms with Gasteiger partial charge in [0.1, 0.15) is 11.6 Å². The molecule has 112 valence electrons. The molecule has 0 aromatic carbocycles. The zero-order chi connectivity index (χ0) is 14.8. The van der Waals surface area contributed by atoms with Crippen LogP contribution in [0.2, 0.25) is 0 Å². The summed E-state index contributed by atoms with van der Waals surface area (Å²) < 4.78 is 2.00. The van der Waals surface area contributed by atoms with E-state index in [1.54, 1.807) is 0 Å². The number of hydrogen-bond acceptors (Lipinski definition) is 4. The largest absolute Gasteiger partial charge is 0.353 e. The van der Waals surface area contributed by atoms with E-state index in [0.29, 0.717) is 0 Å². The molecule has 0 saturated carbocycles. The number of aromatic nitrogens is 3. The van der Waals surface area contributed by atoms with Crippen LogP contribution in [0.1, 0.15) is 11.3 Å². The number of pyridine rings is 1. The van der Waals surface area contributed by atoms with Crippen molar-refractivity contribution in [1.82, 2.24) is 14.8 Å². The first-order valence-electron chi connectivity index (χ1n) is 7.20. The van der Waals surface area contributed by atoms with Gasteiger partial charge in [-0.15, -0.1) is 0 Å². The van der Waals surface area contributed by atoms with Gasteiger partial charge in [0, 0.05) is 50.3 Å². The molecule has 1 aliphatic heterocycles. The average molecular weight is 350 g/mol. The minimum Gasteiger partial charge on any atom is -0.353 e. The second-order valence-corrected chi connectivity index (χ2v) is 5.87. The van der Waals surface area contributed by atoms with Gasteiger partial charge in [0.05, 0.1) is 5.69 Å². The molecule has 0 aliphatic carbocycles. The summed E-state index contributed by atoms with van der Waals surface area (Å²) in [7, 11) is 2.03. The molecule has 3 rings (SSSR count). The van der Waals surface area contributed by atoms with Crippen molar-refractivity contribution in [3.63, 3.8) is 0 Å². The van der Waals surface area contributed by atoms with E-state index in [9.17, 15) is 0 Å².